The van der Waals surface area contributed by atoms with Gasteiger partial charge in [-0.15, -0.1) is 11.3 Å². The SMILES string of the molecule is CN(C(=O)OC(C)(C)C)[C@H](Cc1cccs1)C(=O)N1CCC(O)CC1. The second kappa shape index (κ2) is 8.19. The molecule has 0 aliphatic carbocycles. The molecule has 1 saturated heterocycles. The summed E-state index contributed by atoms with van der Waals surface area (Å²) in [4.78, 5) is 29.7. The average molecular weight is 368 g/mol. The first-order valence-corrected chi connectivity index (χ1v) is 9.50. The monoisotopic (exact) mass is 368 g/mol. The van der Waals surface area contributed by atoms with E-state index in [4.69, 9.17) is 4.74 Å². The van der Waals surface area contributed by atoms with E-state index in [0.717, 1.165) is 4.88 Å². The summed E-state index contributed by atoms with van der Waals surface area (Å²) in [5.74, 6) is -0.0892. The molecule has 0 aromatic carbocycles. The van der Waals surface area contributed by atoms with Crippen molar-refractivity contribution in [1.82, 2.24) is 9.80 Å². The number of carbonyl (C=O) groups excluding carboxylic acids is 2. The van der Waals surface area contributed by atoms with Crippen molar-refractivity contribution in [3.63, 3.8) is 0 Å². The number of likely N-dealkylation sites (N-methyl/N-ethyl adjacent to an activating group) is 1. The number of carbonyl (C=O) groups is 2. The Bertz CT molecular complexity index is 574. The zero-order valence-corrected chi connectivity index (χ0v) is 16.2. The first-order valence-electron chi connectivity index (χ1n) is 8.62. The lowest BCUT2D eigenvalue weighted by Gasteiger charge is -2.36. The van der Waals surface area contributed by atoms with Crippen molar-refractivity contribution >= 4 is 23.3 Å². The third-order valence-electron chi connectivity index (χ3n) is 4.18. The minimum atomic E-state index is -0.614. The lowest BCUT2D eigenvalue weighted by atomic mass is 10.0. The normalized spacial score (nSPS) is 17.2. The van der Waals surface area contributed by atoms with Gasteiger partial charge in [-0.2, -0.15) is 0 Å². The molecule has 7 heteroatoms. The van der Waals surface area contributed by atoms with Crippen LogP contribution in [-0.2, 0) is 16.0 Å². The van der Waals surface area contributed by atoms with Gasteiger partial charge in [0.05, 0.1) is 6.10 Å². The summed E-state index contributed by atoms with van der Waals surface area (Å²) in [5, 5.41) is 11.6. The summed E-state index contributed by atoms with van der Waals surface area (Å²) in [6, 6.07) is 3.30. The average Bonchev–Trinajstić information content (AvgIpc) is 3.03. The van der Waals surface area contributed by atoms with Crippen LogP contribution in [0.15, 0.2) is 17.5 Å². The lowest BCUT2D eigenvalue weighted by molar-refractivity contribution is -0.138. The molecule has 0 unspecified atom stereocenters. The molecule has 1 aromatic rings. The Morgan fingerprint density at radius 1 is 1.40 bits per heavy atom. The van der Waals surface area contributed by atoms with Crippen molar-refractivity contribution in [2.75, 3.05) is 20.1 Å². The highest BCUT2D eigenvalue weighted by Gasteiger charge is 2.34. The van der Waals surface area contributed by atoms with Gasteiger partial charge in [0.2, 0.25) is 5.91 Å². The maximum atomic E-state index is 13.0. The van der Waals surface area contributed by atoms with Crippen LogP contribution in [0.2, 0.25) is 0 Å². The van der Waals surface area contributed by atoms with E-state index < -0.39 is 17.7 Å². The van der Waals surface area contributed by atoms with Gasteiger partial charge in [0.1, 0.15) is 11.6 Å². The predicted molar refractivity (Wildman–Crippen MR) is 97.6 cm³/mol. The van der Waals surface area contributed by atoms with Gasteiger partial charge in [-0.3, -0.25) is 9.69 Å². The Balaban J connectivity index is 2.14. The highest BCUT2D eigenvalue weighted by molar-refractivity contribution is 7.09. The van der Waals surface area contributed by atoms with Crippen LogP contribution in [0.4, 0.5) is 4.79 Å². The molecule has 1 fully saturated rings. The van der Waals surface area contributed by atoms with Gasteiger partial charge in [0.25, 0.3) is 0 Å². The first-order chi connectivity index (χ1) is 11.7. The van der Waals surface area contributed by atoms with Gasteiger partial charge < -0.3 is 14.7 Å². The van der Waals surface area contributed by atoms with E-state index in [2.05, 4.69) is 0 Å². The van der Waals surface area contributed by atoms with E-state index in [1.807, 2.05) is 17.5 Å². The maximum Gasteiger partial charge on any atom is 0.410 e. The van der Waals surface area contributed by atoms with E-state index in [0.29, 0.717) is 32.4 Å². The summed E-state index contributed by atoms with van der Waals surface area (Å²) in [5.41, 5.74) is -0.614. The molecule has 0 radical (unpaired) electrons. The number of aliphatic hydroxyl groups is 1. The largest absolute Gasteiger partial charge is 0.444 e. The van der Waals surface area contributed by atoms with Crippen molar-refractivity contribution in [2.45, 2.75) is 57.8 Å². The highest BCUT2D eigenvalue weighted by atomic mass is 32.1. The number of piperidine rings is 1. The quantitative estimate of drug-likeness (QED) is 0.886. The Kier molecular flexibility index (Phi) is 6.46. The van der Waals surface area contributed by atoms with Crippen LogP contribution in [0.3, 0.4) is 0 Å². The number of aliphatic hydroxyl groups excluding tert-OH is 1. The van der Waals surface area contributed by atoms with Crippen molar-refractivity contribution in [3.8, 4) is 0 Å². The Labute approximate surface area is 153 Å². The second-order valence-electron chi connectivity index (χ2n) is 7.45. The number of amides is 2. The van der Waals surface area contributed by atoms with E-state index in [9.17, 15) is 14.7 Å². The molecule has 6 nitrogen and oxygen atoms in total. The summed E-state index contributed by atoms with van der Waals surface area (Å²) in [7, 11) is 1.61. The van der Waals surface area contributed by atoms with Gasteiger partial charge in [-0.05, 0) is 45.1 Å². The van der Waals surface area contributed by atoms with Crippen LogP contribution in [0.1, 0.15) is 38.5 Å². The van der Waals surface area contributed by atoms with Crippen molar-refractivity contribution in [3.05, 3.63) is 22.4 Å². The van der Waals surface area contributed by atoms with Gasteiger partial charge in [0, 0.05) is 31.4 Å². The van der Waals surface area contributed by atoms with Crippen molar-refractivity contribution < 1.29 is 19.4 Å². The second-order valence-corrected chi connectivity index (χ2v) is 8.48. The van der Waals surface area contributed by atoms with Crippen LogP contribution in [0, 0.1) is 0 Å². The van der Waals surface area contributed by atoms with Crippen LogP contribution in [-0.4, -0.2) is 64.8 Å². The third-order valence-corrected chi connectivity index (χ3v) is 5.08. The first kappa shape index (κ1) is 19.7. The van der Waals surface area contributed by atoms with Crippen molar-refractivity contribution in [1.29, 1.82) is 0 Å². The minimum absolute atomic E-state index is 0.0892. The van der Waals surface area contributed by atoms with Gasteiger partial charge >= 0.3 is 6.09 Å². The van der Waals surface area contributed by atoms with Gasteiger partial charge in [-0.25, -0.2) is 4.79 Å². The fourth-order valence-electron chi connectivity index (χ4n) is 2.77. The van der Waals surface area contributed by atoms with Crippen molar-refractivity contribution in [2.24, 2.45) is 0 Å². The lowest BCUT2D eigenvalue weighted by Crippen LogP contribution is -2.53. The molecular weight excluding hydrogens is 340 g/mol. The zero-order chi connectivity index (χ0) is 18.6. The van der Waals surface area contributed by atoms with E-state index in [1.165, 1.54) is 4.90 Å². The summed E-state index contributed by atoms with van der Waals surface area (Å²) in [6.07, 6.45) is 0.773. The van der Waals surface area contributed by atoms with Gasteiger partial charge in [0.15, 0.2) is 0 Å². The Hall–Kier alpha value is -1.60. The number of hydrogen-bond acceptors (Lipinski definition) is 5. The molecule has 1 atom stereocenters. The highest BCUT2D eigenvalue weighted by Crippen LogP contribution is 2.20. The molecule has 2 rings (SSSR count). The van der Waals surface area contributed by atoms with Gasteiger partial charge in [-0.1, -0.05) is 6.07 Å². The van der Waals surface area contributed by atoms with Crippen LogP contribution < -0.4 is 0 Å². The van der Waals surface area contributed by atoms with Crippen LogP contribution >= 0.6 is 11.3 Å². The Morgan fingerprint density at radius 2 is 2.04 bits per heavy atom. The molecule has 1 N–H and O–H groups in total. The van der Waals surface area contributed by atoms with E-state index in [-0.39, 0.29) is 12.0 Å². The van der Waals surface area contributed by atoms with E-state index >= 15 is 0 Å². The number of hydrogen-bond donors (Lipinski definition) is 1. The zero-order valence-electron chi connectivity index (χ0n) is 15.4. The number of ether oxygens (including phenoxy) is 1. The number of thiophene rings is 1. The minimum Gasteiger partial charge on any atom is -0.444 e. The predicted octanol–water partition coefficient (Wildman–Crippen LogP) is 2.51. The topological polar surface area (TPSA) is 70.1 Å². The molecule has 0 saturated carbocycles. The standard InChI is InChI=1S/C18H28N2O4S/c1-18(2,3)24-17(23)19(4)15(12-14-6-5-11-25-14)16(22)20-9-7-13(21)8-10-20/h5-6,11,13,15,21H,7-10,12H2,1-4H3/t15-/m1/s1. The summed E-state index contributed by atoms with van der Waals surface area (Å²) >= 11 is 1.57. The molecule has 1 aliphatic rings. The molecular formula is C18H28N2O4S. The molecule has 140 valence electrons. The number of nitrogens with zero attached hydrogens (tertiary/aromatic N) is 2. The molecule has 2 heterocycles. The molecule has 1 aliphatic heterocycles. The van der Waals surface area contributed by atoms with E-state index in [1.54, 1.807) is 44.1 Å². The fraction of sp³-hybridized carbons (Fsp3) is 0.667. The number of likely N-dealkylation sites (tertiary alicyclic amines) is 1. The molecule has 0 bridgehead atoms. The smallest absolute Gasteiger partial charge is 0.410 e. The summed E-state index contributed by atoms with van der Waals surface area (Å²) in [6.45, 7) is 6.45. The number of rotatable bonds is 4. The summed E-state index contributed by atoms with van der Waals surface area (Å²) < 4.78 is 5.43. The fourth-order valence-corrected chi connectivity index (χ4v) is 3.51. The maximum absolute atomic E-state index is 13.0. The van der Waals surface area contributed by atoms with Crippen LogP contribution in [0.25, 0.3) is 0 Å². The Morgan fingerprint density at radius 3 is 2.56 bits per heavy atom. The molecule has 2 amide bonds. The van der Waals surface area contributed by atoms with Crippen LogP contribution in [0.5, 0.6) is 0 Å². The molecule has 1 aromatic heterocycles. The molecule has 25 heavy (non-hydrogen) atoms. The molecule has 0 spiro atoms. The third kappa shape index (κ3) is 5.71.